The lowest BCUT2D eigenvalue weighted by Crippen LogP contribution is -2.52. The number of ether oxygens (including phenoxy) is 1. The first-order valence-electron chi connectivity index (χ1n) is 11.2. The van der Waals surface area contributed by atoms with Crippen molar-refractivity contribution >= 4 is 40.6 Å². The van der Waals surface area contributed by atoms with Gasteiger partial charge in [-0.1, -0.05) is 19.1 Å². The molecule has 2 aromatic heterocycles. The third-order valence-electron chi connectivity index (χ3n) is 6.27. The van der Waals surface area contributed by atoms with Crippen LogP contribution in [0.2, 0.25) is 0 Å². The van der Waals surface area contributed by atoms with E-state index < -0.39 is 17.5 Å². The number of imide groups is 1. The fourth-order valence-electron chi connectivity index (χ4n) is 4.43. The van der Waals surface area contributed by atoms with E-state index in [9.17, 15) is 14.4 Å². The minimum atomic E-state index is -1.58. The minimum absolute atomic E-state index is 0.0952. The Hall–Kier alpha value is -3.92. The highest BCUT2D eigenvalue weighted by Crippen LogP contribution is 2.36. The van der Waals surface area contributed by atoms with Gasteiger partial charge in [-0.2, -0.15) is 0 Å². The molecule has 1 fully saturated rings. The number of hydrogen-bond acceptors (Lipinski definition) is 7. The van der Waals surface area contributed by atoms with Crippen LogP contribution < -0.4 is 15.4 Å². The van der Waals surface area contributed by atoms with E-state index in [1.54, 1.807) is 36.5 Å². The van der Waals surface area contributed by atoms with Crippen molar-refractivity contribution in [2.75, 3.05) is 13.7 Å². The molecule has 180 valence electrons. The number of carbonyl (C=O) groups excluding carboxylic acids is 3. The lowest BCUT2D eigenvalue weighted by molar-refractivity contribution is -0.125. The molecule has 0 aliphatic carbocycles. The summed E-state index contributed by atoms with van der Waals surface area (Å²) in [6, 6.07) is 10.3. The molecule has 1 aromatic carbocycles. The number of benzene rings is 1. The Morgan fingerprint density at radius 3 is 2.74 bits per heavy atom. The molecule has 1 saturated heterocycles. The number of aryl methyl sites for hydroxylation is 1. The number of thiophene rings is 1. The van der Waals surface area contributed by atoms with E-state index in [4.69, 9.17) is 14.1 Å². The van der Waals surface area contributed by atoms with Crippen LogP contribution in [0.25, 0.3) is 0 Å². The summed E-state index contributed by atoms with van der Waals surface area (Å²) in [6.45, 7) is 3.98. The molecule has 3 aromatic rings. The number of carbonyl (C=O) groups is 3. The first-order valence-corrected chi connectivity index (χ1v) is 12.0. The van der Waals surface area contributed by atoms with Gasteiger partial charge in [-0.15, -0.1) is 11.3 Å². The maximum atomic E-state index is 13.2. The SMILES string of the molecule is CCC(=Nc1cc([C@]2(CN3Cc4ccc(OC)cc4C3=O)NC(=O)NC2=O)oc1C)c1cccs1. The smallest absolute Gasteiger partial charge is 0.322 e. The quantitative estimate of drug-likeness (QED) is 0.384. The topological polar surface area (TPSA) is 113 Å². The van der Waals surface area contributed by atoms with Crippen LogP contribution in [0.15, 0.2) is 51.2 Å². The van der Waals surface area contributed by atoms with Crippen molar-refractivity contribution < 1.29 is 23.5 Å². The van der Waals surface area contributed by atoms with E-state index in [2.05, 4.69) is 10.6 Å². The summed E-state index contributed by atoms with van der Waals surface area (Å²) in [5, 5.41) is 6.99. The maximum absolute atomic E-state index is 13.2. The van der Waals surface area contributed by atoms with Crippen molar-refractivity contribution in [1.29, 1.82) is 0 Å². The molecule has 4 amide bonds. The van der Waals surface area contributed by atoms with Crippen molar-refractivity contribution in [3.8, 4) is 5.75 Å². The van der Waals surface area contributed by atoms with E-state index in [0.717, 1.165) is 16.2 Å². The summed E-state index contributed by atoms with van der Waals surface area (Å²) in [4.78, 5) is 45.9. The first-order chi connectivity index (χ1) is 16.8. The molecule has 0 saturated carbocycles. The van der Waals surface area contributed by atoms with Gasteiger partial charge in [0, 0.05) is 23.1 Å². The molecule has 2 aliphatic heterocycles. The van der Waals surface area contributed by atoms with Crippen LogP contribution >= 0.6 is 11.3 Å². The number of nitrogens with one attached hydrogen (secondary N) is 2. The number of amides is 4. The van der Waals surface area contributed by atoms with E-state index in [1.807, 2.05) is 30.5 Å². The highest BCUT2D eigenvalue weighted by molar-refractivity contribution is 7.12. The van der Waals surface area contributed by atoms with Gasteiger partial charge < -0.3 is 19.4 Å². The standard InChI is InChI=1S/C25H24N4O5S/c1-4-18(20-6-5-9-35-20)26-19-11-21(34-14(19)2)25(23(31)27-24(32)28-25)13-29-12-15-7-8-16(33-3)10-17(15)22(29)30/h5-11H,4,12-13H2,1-3H3,(H2,27,28,31,32)/t25-/m0/s1. The van der Waals surface area contributed by atoms with Crippen molar-refractivity contribution in [3.63, 3.8) is 0 Å². The van der Waals surface area contributed by atoms with E-state index >= 15 is 0 Å². The molecule has 5 rings (SSSR count). The Bertz CT molecular complexity index is 1360. The lowest BCUT2D eigenvalue weighted by atomic mass is 9.95. The molecular formula is C25H24N4O5S. The lowest BCUT2D eigenvalue weighted by Gasteiger charge is -2.29. The van der Waals surface area contributed by atoms with Crippen LogP contribution in [0.5, 0.6) is 5.75 Å². The van der Waals surface area contributed by atoms with E-state index in [-0.39, 0.29) is 18.2 Å². The van der Waals surface area contributed by atoms with Crippen molar-refractivity contribution in [1.82, 2.24) is 15.5 Å². The van der Waals surface area contributed by atoms with Crippen molar-refractivity contribution in [2.45, 2.75) is 32.4 Å². The number of urea groups is 1. The number of fused-ring (bicyclic) bond motifs is 1. The largest absolute Gasteiger partial charge is 0.497 e. The minimum Gasteiger partial charge on any atom is -0.497 e. The summed E-state index contributed by atoms with van der Waals surface area (Å²) in [5.74, 6) is 0.473. The molecule has 0 bridgehead atoms. The molecule has 0 radical (unpaired) electrons. The molecule has 9 nitrogen and oxygen atoms in total. The molecule has 10 heteroatoms. The summed E-state index contributed by atoms with van der Waals surface area (Å²) >= 11 is 1.60. The molecule has 0 spiro atoms. The second-order valence-corrected chi connectivity index (χ2v) is 9.39. The van der Waals surface area contributed by atoms with Crippen LogP contribution in [0.4, 0.5) is 10.5 Å². The summed E-state index contributed by atoms with van der Waals surface area (Å²) in [6.07, 6.45) is 0.715. The van der Waals surface area contributed by atoms with Gasteiger partial charge in [0.05, 0.1) is 19.4 Å². The van der Waals surface area contributed by atoms with E-state index in [0.29, 0.717) is 35.7 Å². The Morgan fingerprint density at radius 2 is 2.09 bits per heavy atom. The summed E-state index contributed by atoms with van der Waals surface area (Å²) < 4.78 is 11.2. The van der Waals surface area contributed by atoms with Gasteiger partial charge >= 0.3 is 6.03 Å². The molecule has 2 aliphatic rings. The number of aliphatic imine (C=N–C) groups is 1. The zero-order valence-electron chi connectivity index (χ0n) is 19.5. The van der Waals surface area contributed by atoms with Gasteiger partial charge in [-0.05, 0) is 42.5 Å². The second-order valence-electron chi connectivity index (χ2n) is 8.44. The number of nitrogens with zero attached hydrogens (tertiary/aromatic N) is 2. The summed E-state index contributed by atoms with van der Waals surface area (Å²) in [5.41, 5.74) is 1.21. The third kappa shape index (κ3) is 3.89. The van der Waals surface area contributed by atoms with Crippen LogP contribution in [0, 0.1) is 6.92 Å². The van der Waals surface area contributed by atoms with Gasteiger partial charge in [0.25, 0.3) is 11.8 Å². The fourth-order valence-corrected chi connectivity index (χ4v) is 5.21. The summed E-state index contributed by atoms with van der Waals surface area (Å²) in [7, 11) is 1.54. The van der Waals surface area contributed by atoms with Crippen molar-refractivity contribution in [3.05, 3.63) is 69.3 Å². The van der Waals surface area contributed by atoms with Crippen LogP contribution in [-0.2, 0) is 16.9 Å². The average molecular weight is 493 g/mol. The second kappa shape index (κ2) is 8.70. The normalized spacial score (nSPS) is 19.7. The third-order valence-corrected chi connectivity index (χ3v) is 7.19. The Morgan fingerprint density at radius 1 is 1.26 bits per heavy atom. The van der Waals surface area contributed by atoms with Gasteiger partial charge in [0.2, 0.25) is 0 Å². The first kappa shape index (κ1) is 22.9. The molecule has 1 atom stereocenters. The Kier molecular flexibility index (Phi) is 5.68. The van der Waals surface area contributed by atoms with Gasteiger partial charge in [0.1, 0.15) is 23.0 Å². The van der Waals surface area contributed by atoms with Crippen molar-refractivity contribution in [2.24, 2.45) is 4.99 Å². The van der Waals surface area contributed by atoms with Crippen LogP contribution in [-0.4, -0.2) is 42.1 Å². The van der Waals surface area contributed by atoms with Crippen LogP contribution in [0.3, 0.4) is 0 Å². The van der Waals surface area contributed by atoms with Gasteiger partial charge in [0.15, 0.2) is 5.54 Å². The average Bonchev–Trinajstić information content (AvgIpc) is 3.61. The fraction of sp³-hybridized carbons (Fsp3) is 0.280. The molecule has 4 heterocycles. The molecular weight excluding hydrogens is 468 g/mol. The zero-order valence-corrected chi connectivity index (χ0v) is 20.3. The zero-order chi connectivity index (χ0) is 24.7. The molecule has 0 unspecified atom stereocenters. The highest BCUT2D eigenvalue weighted by Gasteiger charge is 2.53. The van der Waals surface area contributed by atoms with E-state index in [1.165, 1.54) is 12.0 Å². The van der Waals surface area contributed by atoms with Crippen LogP contribution in [0.1, 0.15) is 45.7 Å². The number of methoxy groups -OCH3 is 1. The number of hydrogen-bond donors (Lipinski definition) is 2. The van der Waals surface area contributed by atoms with Gasteiger partial charge in [-0.3, -0.25) is 14.9 Å². The number of rotatable bonds is 7. The maximum Gasteiger partial charge on any atom is 0.322 e. The highest BCUT2D eigenvalue weighted by atomic mass is 32.1. The molecule has 2 N–H and O–H groups in total. The molecule has 35 heavy (non-hydrogen) atoms. The predicted molar refractivity (Wildman–Crippen MR) is 130 cm³/mol. The predicted octanol–water partition coefficient (Wildman–Crippen LogP) is 3.88. The monoisotopic (exact) mass is 492 g/mol. The number of furan rings is 1. The Balaban J connectivity index is 1.51. The Labute approximate surface area is 205 Å². The van der Waals surface area contributed by atoms with Gasteiger partial charge in [-0.25, -0.2) is 9.79 Å².